The molecule has 0 bridgehead atoms. The van der Waals surface area contributed by atoms with E-state index in [1.807, 2.05) is 96.4 Å². The summed E-state index contributed by atoms with van der Waals surface area (Å²) in [6, 6.07) is 47.5. The number of nitrogens with two attached hydrogens (primary N) is 1. The van der Waals surface area contributed by atoms with E-state index < -0.39 is 11.6 Å². The number of carbonyl (C=O) groups excluding carboxylic acids is 3. The SMILES string of the molecule is C.COc1ccc(-c2nnc(-c3ccccc3)c(-c3ccccc3)n2)cc1OC.COc1ccc(C(=O)NN)cc1OC.O=C(C(=O)c1ccccc1)c1ccccc1. The van der Waals surface area contributed by atoms with Crippen LogP contribution in [0.5, 0.6) is 23.0 Å². The summed E-state index contributed by atoms with van der Waals surface area (Å²) in [7, 11) is 6.24. The molecule has 0 aliphatic rings. The number of methoxy groups -OCH3 is 4. The van der Waals surface area contributed by atoms with Crippen LogP contribution in [0.2, 0.25) is 0 Å². The minimum atomic E-state index is -0.466. The molecule has 0 spiro atoms. The van der Waals surface area contributed by atoms with Crippen LogP contribution in [0.4, 0.5) is 0 Å². The van der Waals surface area contributed by atoms with Gasteiger partial charge >= 0.3 is 0 Å². The van der Waals surface area contributed by atoms with Gasteiger partial charge in [-0.3, -0.25) is 19.8 Å². The lowest BCUT2D eigenvalue weighted by Gasteiger charge is -2.11. The Balaban J connectivity index is 0.000000212. The van der Waals surface area contributed by atoms with Crippen LogP contribution in [0, 0.1) is 0 Å². The van der Waals surface area contributed by atoms with Gasteiger partial charge < -0.3 is 18.9 Å². The molecule has 0 radical (unpaired) electrons. The highest BCUT2D eigenvalue weighted by molar-refractivity contribution is 6.49. The van der Waals surface area contributed by atoms with Crippen molar-refractivity contribution in [2.24, 2.45) is 5.84 Å². The second-order valence-corrected chi connectivity index (χ2v) is 12.1. The molecule has 7 rings (SSSR count). The number of nitrogen functional groups attached to an aromatic ring is 1. The zero-order valence-electron chi connectivity index (χ0n) is 32.3. The predicted molar refractivity (Wildman–Crippen MR) is 229 cm³/mol. The molecule has 0 aliphatic carbocycles. The van der Waals surface area contributed by atoms with Crippen molar-refractivity contribution in [2.75, 3.05) is 28.4 Å². The lowest BCUT2D eigenvalue weighted by Crippen LogP contribution is -2.29. The maximum atomic E-state index is 11.8. The zero-order chi connectivity index (χ0) is 41.3. The quantitative estimate of drug-likeness (QED) is 0.0424. The molecule has 3 N–H and O–H groups in total. The van der Waals surface area contributed by atoms with E-state index in [4.69, 9.17) is 29.8 Å². The number of hydrogen-bond donors (Lipinski definition) is 2. The van der Waals surface area contributed by atoms with Crippen molar-refractivity contribution in [3.63, 3.8) is 0 Å². The summed E-state index contributed by atoms with van der Waals surface area (Å²) in [6.07, 6.45) is 0. The van der Waals surface area contributed by atoms with Gasteiger partial charge in [0.05, 0.1) is 28.4 Å². The van der Waals surface area contributed by atoms with E-state index in [1.54, 1.807) is 80.9 Å². The zero-order valence-corrected chi connectivity index (χ0v) is 32.3. The van der Waals surface area contributed by atoms with E-state index >= 15 is 0 Å². The van der Waals surface area contributed by atoms with Crippen LogP contribution >= 0.6 is 0 Å². The first-order valence-electron chi connectivity index (χ1n) is 17.8. The maximum absolute atomic E-state index is 11.8. The van der Waals surface area contributed by atoms with E-state index in [0.29, 0.717) is 45.5 Å². The van der Waals surface area contributed by atoms with Gasteiger partial charge in [-0.05, 0) is 36.4 Å². The first kappa shape index (κ1) is 44.0. The van der Waals surface area contributed by atoms with Crippen LogP contribution in [0.15, 0.2) is 158 Å². The van der Waals surface area contributed by atoms with Crippen molar-refractivity contribution in [1.82, 2.24) is 20.6 Å². The third-order valence-electron chi connectivity index (χ3n) is 8.48. The van der Waals surface area contributed by atoms with E-state index in [2.05, 4.69) is 10.2 Å². The second kappa shape index (κ2) is 22.1. The van der Waals surface area contributed by atoms with Crippen molar-refractivity contribution >= 4 is 17.5 Å². The molecule has 59 heavy (non-hydrogen) atoms. The number of benzene rings is 6. The summed E-state index contributed by atoms with van der Waals surface area (Å²) in [4.78, 5) is 39.6. The summed E-state index contributed by atoms with van der Waals surface area (Å²) < 4.78 is 20.8. The summed E-state index contributed by atoms with van der Waals surface area (Å²) >= 11 is 0. The molecule has 0 atom stereocenters. The molecule has 1 amide bonds. The van der Waals surface area contributed by atoms with Crippen LogP contribution in [0.25, 0.3) is 33.9 Å². The molecule has 12 nitrogen and oxygen atoms in total. The summed E-state index contributed by atoms with van der Waals surface area (Å²) in [5.41, 5.74) is 7.60. The highest BCUT2D eigenvalue weighted by Gasteiger charge is 2.18. The van der Waals surface area contributed by atoms with Gasteiger partial charge in [0.25, 0.3) is 5.91 Å². The molecule has 1 aromatic heterocycles. The minimum absolute atomic E-state index is 0. The fourth-order valence-electron chi connectivity index (χ4n) is 5.51. The highest BCUT2D eigenvalue weighted by Crippen LogP contribution is 2.34. The fourth-order valence-corrected chi connectivity index (χ4v) is 5.51. The summed E-state index contributed by atoms with van der Waals surface area (Å²) in [6.45, 7) is 0. The highest BCUT2D eigenvalue weighted by atomic mass is 16.5. The van der Waals surface area contributed by atoms with Gasteiger partial charge in [-0.1, -0.05) is 129 Å². The summed E-state index contributed by atoms with van der Waals surface area (Å²) in [5.74, 6) is 6.56. The van der Waals surface area contributed by atoms with E-state index in [9.17, 15) is 14.4 Å². The Morgan fingerprint density at radius 1 is 0.458 bits per heavy atom. The number of ketones is 2. The number of Topliss-reactive ketones (excluding diaryl/α,β-unsaturated/α-hetero) is 2. The standard InChI is InChI=1S/C23H19N3O2.C14H10O2.C9H12N2O3.CH4/c1-27-19-14-13-18(15-20(19)28-2)23-24-21(16-9-5-3-6-10-16)22(25-26-23)17-11-7-4-8-12-17;15-13(11-7-3-1-4-8-11)14(16)12-9-5-2-6-10-12;1-13-7-4-3-6(9(12)11-10)5-8(7)14-2;/h3-15H,1-2H3;1-10H;3-5H,10H2,1-2H3,(H,11,12);1H4. The number of hydrogen-bond acceptors (Lipinski definition) is 11. The second-order valence-electron chi connectivity index (χ2n) is 12.1. The maximum Gasteiger partial charge on any atom is 0.265 e. The van der Waals surface area contributed by atoms with Crippen molar-refractivity contribution in [3.05, 3.63) is 174 Å². The lowest BCUT2D eigenvalue weighted by atomic mass is 10.0. The number of nitrogens with one attached hydrogen (secondary N) is 1. The Kier molecular flexibility index (Phi) is 16.5. The Hall–Kier alpha value is -7.70. The summed E-state index contributed by atoms with van der Waals surface area (Å²) in [5, 5.41) is 8.90. The van der Waals surface area contributed by atoms with Crippen molar-refractivity contribution in [3.8, 4) is 56.9 Å². The Morgan fingerprint density at radius 2 is 0.881 bits per heavy atom. The molecule has 300 valence electrons. The van der Waals surface area contributed by atoms with Crippen LogP contribution in [0.1, 0.15) is 38.5 Å². The van der Waals surface area contributed by atoms with Gasteiger partial charge in [0, 0.05) is 33.4 Å². The third-order valence-corrected chi connectivity index (χ3v) is 8.48. The van der Waals surface area contributed by atoms with Crippen LogP contribution in [-0.2, 0) is 0 Å². The number of rotatable bonds is 11. The van der Waals surface area contributed by atoms with Crippen molar-refractivity contribution < 1.29 is 33.3 Å². The number of hydrazine groups is 1. The van der Waals surface area contributed by atoms with Gasteiger partial charge in [-0.25, -0.2) is 10.8 Å². The van der Waals surface area contributed by atoms with Crippen LogP contribution in [0.3, 0.4) is 0 Å². The average molecular weight is 792 g/mol. The monoisotopic (exact) mass is 791 g/mol. The number of amides is 1. The first-order valence-corrected chi connectivity index (χ1v) is 17.8. The fraction of sp³-hybridized carbons (Fsp3) is 0.106. The molecule has 0 aliphatic heterocycles. The number of aromatic nitrogens is 3. The number of carbonyl (C=O) groups is 3. The van der Waals surface area contributed by atoms with Gasteiger partial charge in [-0.2, -0.15) is 0 Å². The molecule has 0 saturated carbocycles. The van der Waals surface area contributed by atoms with Crippen LogP contribution < -0.4 is 30.2 Å². The Morgan fingerprint density at radius 3 is 1.34 bits per heavy atom. The molecular weight excluding hydrogens is 747 g/mol. The predicted octanol–water partition coefficient (Wildman–Crippen LogP) is 8.59. The van der Waals surface area contributed by atoms with Crippen molar-refractivity contribution in [2.45, 2.75) is 7.43 Å². The lowest BCUT2D eigenvalue weighted by molar-refractivity contribution is 0.0817. The number of ether oxygens (including phenoxy) is 4. The molecule has 0 saturated heterocycles. The van der Waals surface area contributed by atoms with E-state index in [1.165, 1.54) is 14.2 Å². The Labute approximate surface area is 343 Å². The molecule has 1 heterocycles. The van der Waals surface area contributed by atoms with E-state index in [-0.39, 0.29) is 13.3 Å². The molecule has 0 fully saturated rings. The largest absolute Gasteiger partial charge is 0.493 e. The van der Waals surface area contributed by atoms with Gasteiger partial charge in [0.15, 0.2) is 28.8 Å². The molecular formula is C47H45N5O7. The third kappa shape index (κ3) is 11.4. The minimum Gasteiger partial charge on any atom is -0.493 e. The van der Waals surface area contributed by atoms with Crippen molar-refractivity contribution in [1.29, 1.82) is 0 Å². The first-order chi connectivity index (χ1) is 28.3. The topological polar surface area (TPSA) is 165 Å². The van der Waals surface area contributed by atoms with Gasteiger partial charge in [0.2, 0.25) is 11.6 Å². The van der Waals surface area contributed by atoms with Crippen LogP contribution in [-0.4, -0.2) is 61.1 Å². The number of nitrogens with zero attached hydrogens (tertiary/aromatic N) is 3. The molecule has 6 aromatic carbocycles. The molecule has 7 aromatic rings. The smallest absolute Gasteiger partial charge is 0.265 e. The van der Waals surface area contributed by atoms with Gasteiger partial charge in [-0.15, -0.1) is 10.2 Å². The normalized spacial score (nSPS) is 9.85. The van der Waals surface area contributed by atoms with Gasteiger partial charge in [0.1, 0.15) is 11.4 Å². The Bertz CT molecular complexity index is 2380. The van der Waals surface area contributed by atoms with E-state index in [0.717, 1.165) is 28.1 Å². The average Bonchev–Trinajstić information content (AvgIpc) is 3.31. The molecule has 0 unspecified atom stereocenters. The molecule has 12 heteroatoms.